The van der Waals surface area contributed by atoms with Crippen LogP contribution in [0.15, 0.2) is 17.6 Å². The zero-order valence-corrected chi connectivity index (χ0v) is 5.72. The van der Waals surface area contributed by atoms with E-state index in [9.17, 15) is 8.42 Å². The van der Waals surface area contributed by atoms with Gasteiger partial charge >= 0.3 is 0 Å². The van der Waals surface area contributed by atoms with Gasteiger partial charge in [-0.05, 0) is 0 Å². The number of imidazole rings is 1. The summed E-state index contributed by atoms with van der Waals surface area (Å²) in [4.78, 5) is 7.54. The molecule has 0 aliphatic rings. The maximum Gasteiger partial charge on any atom is 0.270 e. The number of rotatable bonds is 2. The minimum Gasteiger partial charge on any atom is -0.335 e. The van der Waals surface area contributed by atoms with Gasteiger partial charge in [0.15, 0.2) is 5.03 Å². The van der Waals surface area contributed by atoms with Crippen molar-refractivity contribution >= 4 is 10.0 Å². The summed E-state index contributed by atoms with van der Waals surface area (Å²) in [5.74, 6) is 4.71. The highest BCUT2D eigenvalue weighted by Gasteiger charge is 2.11. The van der Waals surface area contributed by atoms with E-state index in [1.54, 1.807) is 4.83 Å². The third kappa shape index (κ3) is 1.15. The molecule has 0 unspecified atom stereocenters. The minimum absolute atomic E-state index is 0.0463. The number of aromatic nitrogens is 2. The van der Waals surface area contributed by atoms with Crippen LogP contribution in [0.3, 0.4) is 0 Å². The lowest BCUT2D eigenvalue weighted by Gasteiger charge is -1.94. The number of hydrogen-bond acceptors (Lipinski definition) is 4. The van der Waals surface area contributed by atoms with E-state index in [0.717, 1.165) is 6.20 Å². The molecule has 56 valence electrons. The van der Waals surface area contributed by atoms with E-state index in [2.05, 4.69) is 9.97 Å². The first-order chi connectivity index (χ1) is 4.67. The predicted molar refractivity (Wildman–Crippen MR) is 33.1 cm³/mol. The largest absolute Gasteiger partial charge is 0.335 e. The van der Waals surface area contributed by atoms with Crippen LogP contribution >= 0.6 is 0 Å². The lowest BCUT2D eigenvalue weighted by molar-refractivity contribution is 0.581. The number of sulfonamides is 1. The number of nitrogens with two attached hydrogens (primary N) is 1. The molecule has 0 aromatic carbocycles. The molecule has 1 rings (SSSR count). The first kappa shape index (κ1) is 7.19. The number of hydrogen-bond donors (Lipinski definition) is 3. The second-order valence-corrected chi connectivity index (χ2v) is 3.22. The van der Waals surface area contributed by atoms with Crippen LogP contribution < -0.4 is 10.7 Å². The van der Waals surface area contributed by atoms with E-state index in [0.29, 0.717) is 0 Å². The van der Waals surface area contributed by atoms with Gasteiger partial charge in [0.1, 0.15) is 0 Å². The Morgan fingerprint density at radius 2 is 2.40 bits per heavy atom. The summed E-state index contributed by atoms with van der Waals surface area (Å²) in [5.41, 5.74) is 0. The second kappa shape index (κ2) is 2.37. The molecule has 6 nitrogen and oxygen atoms in total. The van der Waals surface area contributed by atoms with Crippen molar-refractivity contribution < 1.29 is 8.42 Å². The summed E-state index contributed by atoms with van der Waals surface area (Å²) in [6.07, 6.45) is 2.42. The summed E-state index contributed by atoms with van der Waals surface area (Å²) in [5, 5.41) is -0.0463. The Kier molecular flexibility index (Phi) is 1.70. The number of H-pyrrole nitrogens is 1. The molecule has 0 atom stereocenters. The molecule has 0 amide bonds. The van der Waals surface area contributed by atoms with Crippen LogP contribution in [0.2, 0.25) is 0 Å². The van der Waals surface area contributed by atoms with Gasteiger partial charge in [-0.1, -0.05) is 0 Å². The summed E-state index contributed by atoms with van der Waals surface area (Å²) in [7, 11) is -3.55. The van der Waals surface area contributed by atoms with E-state index in [1.165, 1.54) is 6.33 Å². The summed E-state index contributed by atoms with van der Waals surface area (Å²) >= 11 is 0. The van der Waals surface area contributed by atoms with E-state index in [1.807, 2.05) is 0 Å². The molecule has 4 N–H and O–H groups in total. The van der Waals surface area contributed by atoms with Crippen molar-refractivity contribution in [2.45, 2.75) is 5.03 Å². The molecule has 1 aromatic rings. The predicted octanol–water partition coefficient (Wildman–Crippen LogP) is -1.44. The number of hydrazine groups is 1. The molecule has 0 spiro atoms. The average molecular weight is 162 g/mol. The van der Waals surface area contributed by atoms with E-state index in [4.69, 9.17) is 5.84 Å². The number of aromatic amines is 1. The molecule has 0 saturated carbocycles. The normalized spacial score (nSPS) is 11.7. The van der Waals surface area contributed by atoms with Crippen molar-refractivity contribution in [3.8, 4) is 0 Å². The van der Waals surface area contributed by atoms with Crippen molar-refractivity contribution in [1.29, 1.82) is 0 Å². The Labute approximate surface area is 57.5 Å². The van der Waals surface area contributed by atoms with Gasteiger partial charge in [0, 0.05) is 0 Å². The third-order valence-corrected chi connectivity index (χ3v) is 2.03. The van der Waals surface area contributed by atoms with Crippen LogP contribution in [-0.4, -0.2) is 18.4 Å². The van der Waals surface area contributed by atoms with Gasteiger partial charge in [-0.3, -0.25) is 5.84 Å². The zero-order chi connectivity index (χ0) is 7.61. The van der Waals surface area contributed by atoms with Gasteiger partial charge in [-0.15, -0.1) is 4.83 Å². The highest BCUT2D eigenvalue weighted by molar-refractivity contribution is 7.89. The van der Waals surface area contributed by atoms with Crippen LogP contribution in [0.4, 0.5) is 0 Å². The van der Waals surface area contributed by atoms with Crippen LogP contribution in [0, 0.1) is 0 Å². The fourth-order valence-corrected chi connectivity index (χ4v) is 0.988. The Morgan fingerprint density at radius 3 is 2.80 bits per heavy atom. The number of nitrogens with zero attached hydrogens (tertiary/aromatic N) is 1. The Bertz CT molecular complexity index is 288. The Hall–Kier alpha value is -0.920. The molecule has 0 bridgehead atoms. The summed E-state index contributed by atoms with van der Waals surface area (Å²) in [6.45, 7) is 0. The zero-order valence-electron chi connectivity index (χ0n) is 4.90. The molecule has 0 fully saturated rings. The standard InChI is InChI=1S/C3H6N4O2S/c4-7-10(8,9)3-1-5-2-6-3/h1-2,7H,4H2,(H,5,6). The topological polar surface area (TPSA) is 101 Å². The quantitative estimate of drug-likeness (QED) is 0.366. The van der Waals surface area contributed by atoms with Gasteiger partial charge in [0.25, 0.3) is 10.0 Å². The Balaban J connectivity index is 3.09. The Morgan fingerprint density at radius 1 is 1.70 bits per heavy atom. The fourth-order valence-electron chi connectivity index (χ4n) is 0.454. The summed E-state index contributed by atoms with van der Waals surface area (Å²) in [6, 6.07) is 0. The highest BCUT2D eigenvalue weighted by Crippen LogP contribution is 1.98. The second-order valence-electron chi connectivity index (χ2n) is 1.54. The van der Waals surface area contributed by atoms with E-state index < -0.39 is 10.0 Å². The maximum atomic E-state index is 10.8. The number of nitrogens with one attached hydrogen (secondary N) is 2. The minimum atomic E-state index is -3.55. The third-order valence-electron chi connectivity index (χ3n) is 0.918. The molecule has 1 aromatic heterocycles. The van der Waals surface area contributed by atoms with Crippen LogP contribution in [-0.2, 0) is 10.0 Å². The molecule has 0 radical (unpaired) electrons. The van der Waals surface area contributed by atoms with Crippen LogP contribution in [0.25, 0.3) is 0 Å². The SMILES string of the molecule is NNS(=O)(=O)c1cnc[nH]1. The molecule has 7 heteroatoms. The molecule has 1 heterocycles. The van der Waals surface area contributed by atoms with Crippen LogP contribution in [0.1, 0.15) is 0 Å². The first-order valence-corrected chi connectivity index (χ1v) is 3.86. The van der Waals surface area contributed by atoms with E-state index in [-0.39, 0.29) is 5.03 Å². The van der Waals surface area contributed by atoms with Crippen molar-refractivity contribution in [2.75, 3.05) is 0 Å². The fraction of sp³-hybridized carbons (Fsp3) is 0. The van der Waals surface area contributed by atoms with Gasteiger partial charge < -0.3 is 4.98 Å². The van der Waals surface area contributed by atoms with Crippen LogP contribution in [0.5, 0.6) is 0 Å². The van der Waals surface area contributed by atoms with E-state index >= 15 is 0 Å². The lowest BCUT2D eigenvalue weighted by atomic mass is 11.0. The molecular formula is C3H6N4O2S. The average Bonchev–Trinajstić information content (AvgIpc) is 2.38. The molecule has 0 aliphatic carbocycles. The highest BCUT2D eigenvalue weighted by atomic mass is 32.2. The molecule has 0 saturated heterocycles. The molecular weight excluding hydrogens is 156 g/mol. The van der Waals surface area contributed by atoms with Crippen molar-refractivity contribution in [1.82, 2.24) is 14.8 Å². The van der Waals surface area contributed by atoms with Crippen molar-refractivity contribution in [2.24, 2.45) is 5.84 Å². The van der Waals surface area contributed by atoms with Crippen molar-refractivity contribution in [3.63, 3.8) is 0 Å². The summed E-state index contributed by atoms with van der Waals surface area (Å²) < 4.78 is 21.5. The smallest absolute Gasteiger partial charge is 0.270 e. The van der Waals surface area contributed by atoms with Gasteiger partial charge in [0.05, 0.1) is 12.5 Å². The monoisotopic (exact) mass is 162 g/mol. The van der Waals surface area contributed by atoms with Crippen molar-refractivity contribution in [3.05, 3.63) is 12.5 Å². The first-order valence-electron chi connectivity index (χ1n) is 2.37. The molecule has 0 aliphatic heterocycles. The lowest BCUT2D eigenvalue weighted by Crippen LogP contribution is -2.30. The van der Waals surface area contributed by atoms with Gasteiger partial charge in [0.2, 0.25) is 0 Å². The van der Waals surface area contributed by atoms with Gasteiger partial charge in [-0.25, -0.2) is 13.4 Å². The molecule has 10 heavy (non-hydrogen) atoms. The van der Waals surface area contributed by atoms with Gasteiger partial charge in [-0.2, -0.15) is 0 Å². The maximum absolute atomic E-state index is 10.8.